The standard InChI is InChI=1S/C21H19ClN4O3/c1-12-20(13(2)26(25-12)10-14-5-3-4-6-16(14)22)21(28)23-15-7-8-18-17(9-15)24-19(27)11-29-18/h3-9H,10-11H2,1-2H3,(H,23,28)(H,24,27). The zero-order chi connectivity index (χ0) is 20.5. The van der Waals surface area contributed by atoms with Gasteiger partial charge in [-0.15, -0.1) is 0 Å². The van der Waals surface area contributed by atoms with Crippen molar-refractivity contribution >= 4 is 34.8 Å². The van der Waals surface area contributed by atoms with Gasteiger partial charge in [0.1, 0.15) is 5.75 Å². The summed E-state index contributed by atoms with van der Waals surface area (Å²) in [7, 11) is 0. The minimum atomic E-state index is -0.270. The highest BCUT2D eigenvalue weighted by Gasteiger charge is 2.21. The molecule has 8 heteroatoms. The highest BCUT2D eigenvalue weighted by atomic mass is 35.5. The Morgan fingerprint density at radius 1 is 1.28 bits per heavy atom. The van der Waals surface area contributed by atoms with Crippen LogP contribution in [0, 0.1) is 13.8 Å². The molecule has 1 aliphatic rings. The minimum absolute atomic E-state index is 0.0122. The summed E-state index contributed by atoms with van der Waals surface area (Å²) in [5.41, 5.74) is 3.89. The lowest BCUT2D eigenvalue weighted by molar-refractivity contribution is -0.118. The molecule has 0 spiro atoms. The molecule has 3 aromatic rings. The van der Waals surface area contributed by atoms with Crippen molar-refractivity contribution in [1.29, 1.82) is 0 Å². The molecule has 1 aliphatic heterocycles. The number of anilines is 2. The first-order valence-corrected chi connectivity index (χ1v) is 9.45. The van der Waals surface area contributed by atoms with Crippen LogP contribution in [0.2, 0.25) is 5.02 Å². The maximum Gasteiger partial charge on any atom is 0.262 e. The summed E-state index contributed by atoms with van der Waals surface area (Å²) >= 11 is 6.25. The van der Waals surface area contributed by atoms with Crippen molar-refractivity contribution in [2.24, 2.45) is 0 Å². The number of ether oxygens (including phenoxy) is 1. The van der Waals surface area contributed by atoms with Gasteiger partial charge in [0.15, 0.2) is 6.61 Å². The molecular weight excluding hydrogens is 392 g/mol. The van der Waals surface area contributed by atoms with Crippen molar-refractivity contribution in [3.63, 3.8) is 0 Å². The molecule has 0 radical (unpaired) electrons. The van der Waals surface area contributed by atoms with E-state index in [4.69, 9.17) is 16.3 Å². The molecule has 7 nitrogen and oxygen atoms in total. The Morgan fingerprint density at radius 3 is 2.86 bits per heavy atom. The van der Waals surface area contributed by atoms with Crippen LogP contribution in [0.5, 0.6) is 5.75 Å². The zero-order valence-corrected chi connectivity index (χ0v) is 16.7. The first kappa shape index (κ1) is 19.0. The molecule has 0 fully saturated rings. The molecule has 1 aromatic heterocycles. The van der Waals surface area contributed by atoms with Crippen LogP contribution in [0.3, 0.4) is 0 Å². The molecule has 0 saturated carbocycles. The molecule has 4 rings (SSSR count). The van der Waals surface area contributed by atoms with Crippen LogP contribution in [0.1, 0.15) is 27.3 Å². The molecule has 148 valence electrons. The Kier molecular flexibility index (Phi) is 4.98. The summed E-state index contributed by atoms with van der Waals surface area (Å²) in [5.74, 6) is 0.0736. The number of halogens is 1. The van der Waals surface area contributed by atoms with E-state index in [2.05, 4.69) is 15.7 Å². The number of aryl methyl sites for hydroxylation is 1. The molecule has 0 aliphatic carbocycles. The molecule has 2 aromatic carbocycles. The van der Waals surface area contributed by atoms with Crippen molar-refractivity contribution in [2.75, 3.05) is 17.2 Å². The molecule has 0 atom stereocenters. The van der Waals surface area contributed by atoms with Crippen LogP contribution in [-0.4, -0.2) is 28.2 Å². The van der Waals surface area contributed by atoms with Gasteiger partial charge in [-0.25, -0.2) is 0 Å². The quantitative estimate of drug-likeness (QED) is 0.685. The van der Waals surface area contributed by atoms with E-state index in [1.807, 2.05) is 31.2 Å². The number of fused-ring (bicyclic) bond motifs is 1. The Bertz CT molecular complexity index is 1120. The third-order valence-corrected chi connectivity index (χ3v) is 5.13. The molecule has 0 saturated heterocycles. The van der Waals surface area contributed by atoms with Crippen LogP contribution in [0.4, 0.5) is 11.4 Å². The van der Waals surface area contributed by atoms with Gasteiger partial charge in [-0.3, -0.25) is 14.3 Å². The highest BCUT2D eigenvalue weighted by molar-refractivity contribution is 6.31. The maximum atomic E-state index is 12.9. The lowest BCUT2D eigenvalue weighted by Crippen LogP contribution is -2.25. The van der Waals surface area contributed by atoms with E-state index in [1.54, 1.807) is 29.8 Å². The van der Waals surface area contributed by atoms with Crippen LogP contribution in [0.25, 0.3) is 0 Å². The fourth-order valence-electron chi connectivity index (χ4n) is 3.32. The number of nitrogens with zero attached hydrogens (tertiary/aromatic N) is 2. The fraction of sp³-hybridized carbons (Fsp3) is 0.190. The number of nitrogens with one attached hydrogen (secondary N) is 2. The van der Waals surface area contributed by atoms with Gasteiger partial charge >= 0.3 is 0 Å². The third kappa shape index (κ3) is 3.82. The second-order valence-electron chi connectivity index (χ2n) is 6.80. The first-order valence-electron chi connectivity index (χ1n) is 9.08. The number of hydrogen-bond acceptors (Lipinski definition) is 4. The van der Waals surface area contributed by atoms with Crippen LogP contribution in [-0.2, 0) is 11.3 Å². The second kappa shape index (κ2) is 7.60. The highest BCUT2D eigenvalue weighted by Crippen LogP contribution is 2.31. The zero-order valence-electron chi connectivity index (χ0n) is 16.0. The topological polar surface area (TPSA) is 85.3 Å². The van der Waals surface area contributed by atoms with E-state index in [1.165, 1.54) is 0 Å². The molecular formula is C21H19ClN4O3. The van der Waals surface area contributed by atoms with Gasteiger partial charge < -0.3 is 15.4 Å². The van der Waals surface area contributed by atoms with Gasteiger partial charge in [0.25, 0.3) is 11.8 Å². The first-order chi connectivity index (χ1) is 13.9. The Morgan fingerprint density at radius 2 is 2.07 bits per heavy atom. The number of carbonyl (C=O) groups excluding carboxylic acids is 2. The Hall–Kier alpha value is -3.32. The molecule has 2 N–H and O–H groups in total. The monoisotopic (exact) mass is 410 g/mol. The number of benzene rings is 2. The van der Waals surface area contributed by atoms with Gasteiger partial charge in [0.2, 0.25) is 0 Å². The lowest BCUT2D eigenvalue weighted by atomic mass is 10.1. The van der Waals surface area contributed by atoms with Crippen molar-refractivity contribution in [3.8, 4) is 5.75 Å². The summed E-state index contributed by atoms with van der Waals surface area (Å²) in [5, 5.41) is 10.8. The number of rotatable bonds is 4. The van der Waals surface area contributed by atoms with Gasteiger partial charge in [-0.05, 0) is 43.7 Å². The molecule has 2 heterocycles. The normalized spacial score (nSPS) is 12.7. The summed E-state index contributed by atoms with van der Waals surface area (Å²) in [6, 6.07) is 12.7. The van der Waals surface area contributed by atoms with Gasteiger partial charge in [0, 0.05) is 16.4 Å². The van der Waals surface area contributed by atoms with Gasteiger partial charge in [-0.1, -0.05) is 29.8 Å². The van der Waals surface area contributed by atoms with Crippen LogP contribution in [0.15, 0.2) is 42.5 Å². The number of hydrogen-bond donors (Lipinski definition) is 2. The fourth-order valence-corrected chi connectivity index (χ4v) is 3.52. The predicted octanol–water partition coefficient (Wildman–Crippen LogP) is 3.78. The summed E-state index contributed by atoms with van der Waals surface area (Å²) in [6.07, 6.45) is 0. The number of aromatic nitrogens is 2. The SMILES string of the molecule is Cc1nn(Cc2ccccc2Cl)c(C)c1C(=O)Nc1ccc2c(c1)NC(=O)CO2. The predicted molar refractivity (Wildman–Crippen MR) is 111 cm³/mol. The molecule has 29 heavy (non-hydrogen) atoms. The van der Waals surface area contributed by atoms with E-state index in [0.717, 1.165) is 11.3 Å². The van der Waals surface area contributed by atoms with E-state index < -0.39 is 0 Å². The van der Waals surface area contributed by atoms with Crippen molar-refractivity contribution in [2.45, 2.75) is 20.4 Å². The smallest absolute Gasteiger partial charge is 0.262 e. The number of carbonyl (C=O) groups is 2. The molecule has 0 bridgehead atoms. The Labute approximate surface area is 172 Å². The van der Waals surface area contributed by atoms with Crippen LogP contribution >= 0.6 is 11.6 Å². The minimum Gasteiger partial charge on any atom is -0.482 e. The number of amides is 2. The largest absolute Gasteiger partial charge is 0.482 e. The van der Waals surface area contributed by atoms with Gasteiger partial charge in [0.05, 0.1) is 23.5 Å². The van der Waals surface area contributed by atoms with Gasteiger partial charge in [-0.2, -0.15) is 5.10 Å². The van der Waals surface area contributed by atoms with E-state index in [9.17, 15) is 9.59 Å². The maximum absolute atomic E-state index is 12.9. The Balaban J connectivity index is 1.57. The van der Waals surface area contributed by atoms with E-state index >= 15 is 0 Å². The van der Waals surface area contributed by atoms with E-state index in [0.29, 0.717) is 39.9 Å². The van der Waals surface area contributed by atoms with Crippen LogP contribution < -0.4 is 15.4 Å². The summed E-state index contributed by atoms with van der Waals surface area (Å²) in [4.78, 5) is 24.4. The van der Waals surface area contributed by atoms with Crippen molar-refractivity contribution < 1.29 is 14.3 Å². The van der Waals surface area contributed by atoms with Crippen molar-refractivity contribution in [3.05, 3.63) is 70.0 Å². The summed E-state index contributed by atoms with van der Waals surface area (Å²) in [6.45, 7) is 4.11. The second-order valence-corrected chi connectivity index (χ2v) is 7.20. The summed E-state index contributed by atoms with van der Waals surface area (Å²) < 4.78 is 7.11. The molecule has 2 amide bonds. The third-order valence-electron chi connectivity index (χ3n) is 4.76. The average molecular weight is 411 g/mol. The lowest BCUT2D eigenvalue weighted by Gasteiger charge is -2.18. The average Bonchev–Trinajstić information content (AvgIpc) is 2.96. The van der Waals surface area contributed by atoms with Crippen molar-refractivity contribution in [1.82, 2.24) is 9.78 Å². The molecule has 0 unspecified atom stereocenters. The van der Waals surface area contributed by atoms with E-state index in [-0.39, 0.29) is 18.4 Å².